The summed E-state index contributed by atoms with van der Waals surface area (Å²) in [5.74, 6) is 0.919. The van der Waals surface area contributed by atoms with Crippen molar-refractivity contribution < 1.29 is 4.42 Å². The summed E-state index contributed by atoms with van der Waals surface area (Å²) in [6.45, 7) is 5.42. The average Bonchev–Trinajstić information content (AvgIpc) is 3.18. The van der Waals surface area contributed by atoms with Gasteiger partial charge >= 0.3 is 0 Å². The first-order valence-corrected chi connectivity index (χ1v) is 9.56. The van der Waals surface area contributed by atoms with Crippen LogP contribution in [0.15, 0.2) is 51.9 Å². The summed E-state index contributed by atoms with van der Waals surface area (Å²) >= 11 is 0. The van der Waals surface area contributed by atoms with Gasteiger partial charge in [0.15, 0.2) is 0 Å². The third-order valence-electron chi connectivity index (χ3n) is 5.05. The Morgan fingerprint density at radius 1 is 1.00 bits per heavy atom. The van der Waals surface area contributed by atoms with Crippen LogP contribution in [-0.2, 0) is 0 Å². The van der Waals surface area contributed by atoms with Gasteiger partial charge in [0, 0.05) is 48.4 Å². The molecular weight excluding hydrogens is 308 g/mol. The van der Waals surface area contributed by atoms with Crippen molar-refractivity contribution in [3.8, 4) is 11.3 Å². The Balaban J connectivity index is 1.69. The maximum atomic E-state index is 6.23. The Morgan fingerprint density at radius 2 is 1.88 bits per heavy atom. The Morgan fingerprint density at radius 3 is 2.72 bits per heavy atom. The number of benzene rings is 2. The molecule has 1 aromatic carbocycles. The van der Waals surface area contributed by atoms with E-state index in [0.29, 0.717) is 0 Å². The molecule has 0 amide bonds. The third-order valence-corrected chi connectivity index (χ3v) is 5.05. The lowest BCUT2D eigenvalue weighted by molar-refractivity contribution is 0.618. The van der Waals surface area contributed by atoms with Crippen LogP contribution in [0, 0.1) is 0 Å². The Bertz CT molecular complexity index is 890. The van der Waals surface area contributed by atoms with Crippen molar-refractivity contribution in [3.05, 3.63) is 47.8 Å². The summed E-state index contributed by atoms with van der Waals surface area (Å²) in [7, 11) is 0. The highest BCUT2D eigenvalue weighted by atomic mass is 16.3. The minimum Gasteiger partial charge on any atom is -0.456 e. The maximum absolute atomic E-state index is 6.23. The van der Waals surface area contributed by atoms with Gasteiger partial charge in [-0.25, -0.2) is 0 Å². The molecule has 0 saturated carbocycles. The zero-order valence-electron chi connectivity index (χ0n) is 15.0. The first kappa shape index (κ1) is 16.2. The molecule has 1 fully saturated rings. The lowest BCUT2D eigenvalue weighted by atomic mass is 10.1. The number of anilines is 1. The van der Waals surface area contributed by atoms with Gasteiger partial charge in [-0.1, -0.05) is 19.8 Å². The lowest BCUT2D eigenvalue weighted by Gasteiger charge is -2.18. The van der Waals surface area contributed by atoms with E-state index in [2.05, 4.69) is 59.3 Å². The van der Waals surface area contributed by atoms with Crippen LogP contribution >= 0.6 is 0 Å². The van der Waals surface area contributed by atoms with Crippen molar-refractivity contribution in [2.75, 3.05) is 24.5 Å². The Labute approximate surface area is 149 Å². The molecule has 130 valence electrons. The molecule has 25 heavy (non-hydrogen) atoms. The van der Waals surface area contributed by atoms with E-state index in [1.807, 2.05) is 0 Å². The second kappa shape index (κ2) is 7.30. The first-order chi connectivity index (χ1) is 12.3. The lowest BCUT2D eigenvalue weighted by Crippen LogP contribution is -2.17. The van der Waals surface area contributed by atoms with Crippen LogP contribution in [0.25, 0.3) is 22.3 Å². The van der Waals surface area contributed by atoms with Gasteiger partial charge in [0.1, 0.15) is 11.3 Å². The van der Waals surface area contributed by atoms with Gasteiger partial charge in [0.05, 0.1) is 5.36 Å². The fourth-order valence-electron chi connectivity index (χ4n) is 3.59. The van der Waals surface area contributed by atoms with E-state index in [1.54, 1.807) is 0 Å². The van der Waals surface area contributed by atoms with Crippen molar-refractivity contribution in [3.63, 3.8) is 0 Å². The molecule has 0 aromatic heterocycles. The summed E-state index contributed by atoms with van der Waals surface area (Å²) < 4.78 is 6.23. The number of unbranched alkanes of at least 4 members (excludes halogenated alkanes) is 2. The van der Waals surface area contributed by atoms with Gasteiger partial charge in [-0.15, -0.1) is 0 Å². The van der Waals surface area contributed by atoms with Crippen LogP contribution in [-0.4, -0.2) is 19.6 Å². The molecule has 2 aliphatic heterocycles. The molecule has 3 heteroatoms. The minimum atomic E-state index is 0.895. The number of nitrogens with zero attached hydrogens (tertiary/aromatic N) is 2. The van der Waals surface area contributed by atoms with Crippen molar-refractivity contribution >= 4 is 16.7 Å². The quantitative estimate of drug-likeness (QED) is 0.472. The summed E-state index contributed by atoms with van der Waals surface area (Å²) in [5.41, 5.74) is 3.36. The number of fused-ring (bicyclic) bond motifs is 2. The second-order valence-electron chi connectivity index (χ2n) is 6.97. The van der Waals surface area contributed by atoms with Crippen molar-refractivity contribution in [1.29, 1.82) is 0 Å². The number of hydrogen-bond donors (Lipinski definition) is 0. The monoisotopic (exact) mass is 334 g/mol. The van der Waals surface area contributed by atoms with Gasteiger partial charge in [0.2, 0.25) is 0 Å². The van der Waals surface area contributed by atoms with E-state index < -0.39 is 0 Å². The SMILES string of the molecule is CCCCC/N=c1\ccc2cc3ccc(N4CCCC4)cc3oc-2c1. The molecule has 1 saturated heterocycles. The van der Waals surface area contributed by atoms with Crippen molar-refractivity contribution in [1.82, 2.24) is 0 Å². The molecule has 0 unspecified atom stereocenters. The highest BCUT2D eigenvalue weighted by Crippen LogP contribution is 2.30. The zero-order valence-corrected chi connectivity index (χ0v) is 15.0. The summed E-state index contributed by atoms with van der Waals surface area (Å²) in [5, 5.41) is 2.17. The van der Waals surface area contributed by atoms with E-state index in [4.69, 9.17) is 4.42 Å². The summed E-state index contributed by atoms with van der Waals surface area (Å²) in [6, 6.07) is 15.1. The molecule has 0 bridgehead atoms. The van der Waals surface area contributed by atoms with E-state index in [1.165, 1.54) is 31.4 Å². The van der Waals surface area contributed by atoms with Gasteiger partial charge in [-0.2, -0.15) is 0 Å². The topological polar surface area (TPSA) is 28.7 Å². The highest BCUT2D eigenvalue weighted by molar-refractivity contribution is 5.85. The molecule has 3 nitrogen and oxygen atoms in total. The molecule has 0 N–H and O–H groups in total. The minimum absolute atomic E-state index is 0.895. The molecular formula is C22H26N2O. The van der Waals surface area contributed by atoms with Crippen LogP contribution < -0.4 is 10.3 Å². The van der Waals surface area contributed by atoms with Gasteiger partial charge in [-0.05, 0) is 49.6 Å². The Kier molecular flexibility index (Phi) is 4.73. The molecule has 4 rings (SSSR count). The number of hydrogen-bond acceptors (Lipinski definition) is 3. The van der Waals surface area contributed by atoms with Gasteiger partial charge in [-0.3, -0.25) is 4.99 Å². The van der Waals surface area contributed by atoms with Crippen LogP contribution in [0.2, 0.25) is 0 Å². The highest BCUT2D eigenvalue weighted by Gasteiger charge is 2.14. The van der Waals surface area contributed by atoms with Crippen molar-refractivity contribution in [2.24, 2.45) is 4.99 Å². The standard InChI is InChI=1S/C22H26N2O/c1-2-3-4-11-23-19-9-7-17-14-18-8-10-20(24-12-5-6-13-24)16-22(18)25-21(17)15-19/h7-10,14-16H,2-6,11-13H2,1H3/b23-19+. The molecule has 0 atom stereocenters. The summed E-state index contributed by atoms with van der Waals surface area (Å²) in [4.78, 5) is 7.13. The molecule has 3 aliphatic rings. The van der Waals surface area contributed by atoms with E-state index >= 15 is 0 Å². The number of rotatable bonds is 5. The van der Waals surface area contributed by atoms with Gasteiger partial charge < -0.3 is 9.32 Å². The fourth-order valence-corrected chi connectivity index (χ4v) is 3.59. The molecule has 1 aromatic rings. The van der Waals surface area contributed by atoms with E-state index in [0.717, 1.165) is 53.7 Å². The molecule has 0 spiro atoms. The zero-order chi connectivity index (χ0) is 17.1. The smallest absolute Gasteiger partial charge is 0.136 e. The average molecular weight is 334 g/mol. The molecule has 1 aliphatic carbocycles. The third kappa shape index (κ3) is 3.55. The van der Waals surface area contributed by atoms with Crippen LogP contribution in [0.3, 0.4) is 0 Å². The predicted molar refractivity (Wildman–Crippen MR) is 104 cm³/mol. The largest absolute Gasteiger partial charge is 0.456 e. The Hall–Kier alpha value is -2.29. The maximum Gasteiger partial charge on any atom is 0.136 e. The summed E-state index contributed by atoms with van der Waals surface area (Å²) in [6.07, 6.45) is 6.20. The molecule has 0 radical (unpaired) electrons. The first-order valence-electron chi connectivity index (χ1n) is 9.56. The van der Waals surface area contributed by atoms with Crippen LogP contribution in [0.4, 0.5) is 5.69 Å². The normalized spacial score (nSPS) is 15.6. The van der Waals surface area contributed by atoms with E-state index in [9.17, 15) is 0 Å². The van der Waals surface area contributed by atoms with Crippen LogP contribution in [0.1, 0.15) is 39.0 Å². The predicted octanol–water partition coefficient (Wildman–Crippen LogP) is 5.23. The molecule has 2 heterocycles. The second-order valence-corrected chi connectivity index (χ2v) is 6.97. The van der Waals surface area contributed by atoms with E-state index in [-0.39, 0.29) is 0 Å². The van der Waals surface area contributed by atoms with Gasteiger partial charge in [0.25, 0.3) is 0 Å². The van der Waals surface area contributed by atoms with Crippen molar-refractivity contribution in [2.45, 2.75) is 39.0 Å². The van der Waals surface area contributed by atoms with Crippen LogP contribution in [0.5, 0.6) is 0 Å². The fraction of sp³-hybridized carbons (Fsp3) is 0.409.